The van der Waals surface area contributed by atoms with Crippen molar-refractivity contribution in [2.75, 3.05) is 13.7 Å². The molecule has 6 nitrogen and oxygen atoms in total. The number of carboxylic acids is 1. The maximum atomic E-state index is 11.5. The summed E-state index contributed by atoms with van der Waals surface area (Å²) in [4.78, 5) is 16.2. The Morgan fingerprint density at radius 1 is 1.10 bits per heavy atom. The van der Waals surface area contributed by atoms with Crippen molar-refractivity contribution in [2.24, 2.45) is 11.1 Å². The molecular formula is C23H25Cl2NO5. The molecule has 0 unspecified atom stereocenters. The number of nitrogens with zero attached hydrogens (tertiary/aromatic N) is 1. The Kier molecular flexibility index (Phi) is 8.43. The van der Waals surface area contributed by atoms with Gasteiger partial charge >= 0.3 is 5.97 Å². The molecule has 0 aliphatic heterocycles. The van der Waals surface area contributed by atoms with Crippen LogP contribution in [0, 0.1) is 5.92 Å². The lowest BCUT2D eigenvalue weighted by atomic mass is 9.90. The number of carboxylic acid groups (broad SMARTS) is 1. The summed E-state index contributed by atoms with van der Waals surface area (Å²) in [6, 6.07) is 10.2. The van der Waals surface area contributed by atoms with Crippen LogP contribution in [0.15, 0.2) is 41.6 Å². The van der Waals surface area contributed by atoms with E-state index in [2.05, 4.69) is 9.99 Å². The van der Waals surface area contributed by atoms with Gasteiger partial charge in [-0.1, -0.05) is 71.9 Å². The van der Waals surface area contributed by atoms with Crippen LogP contribution in [-0.4, -0.2) is 30.5 Å². The highest BCUT2D eigenvalue weighted by molar-refractivity contribution is 6.42. The second-order valence-corrected chi connectivity index (χ2v) is 8.22. The fourth-order valence-electron chi connectivity index (χ4n) is 3.65. The van der Waals surface area contributed by atoms with E-state index in [0.29, 0.717) is 45.2 Å². The molecule has 1 saturated carbocycles. The number of oxime groups is 1. The summed E-state index contributed by atoms with van der Waals surface area (Å²) in [5.74, 6) is 0.253. The van der Waals surface area contributed by atoms with E-state index in [-0.39, 0.29) is 12.3 Å². The zero-order chi connectivity index (χ0) is 22.2. The zero-order valence-corrected chi connectivity index (χ0v) is 18.8. The molecule has 0 atom stereocenters. The first-order valence-electron chi connectivity index (χ1n) is 10.2. The van der Waals surface area contributed by atoms with Crippen molar-refractivity contribution >= 4 is 34.9 Å². The predicted molar refractivity (Wildman–Crippen MR) is 120 cm³/mol. The van der Waals surface area contributed by atoms with Crippen LogP contribution >= 0.6 is 23.2 Å². The van der Waals surface area contributed by atoms with Crippen LogP contribution in [-0.2, 0) is 16.2 Å². The minimum Gasteiger partial charge on any atom is -0.490 e. The third kappa shape index (κ3) is 6.28. The predicted octanol–water partition coefficient (Wildman–Crippen LogP) is 5.97. The number of hydrogen-bond donors (Lipinski definition) is 1. The Bertz CT molecular complexity index is 918. The molecule has 0 spiro atoms. The largest absolute Gasteiger partial charge is 0.490 e. The average molecular weight is 466 g/mol. The van der Waals surface area contributed by atoms with Gasteiger partial charge in [-0.3, -0.25) is 0 Å². The van der Waals surface area contributed by atoms with Crippen molar-refractivity contribution in [3.8, 4) is 11.5 Å². The van der Waals surface area contributed by atoms with Crippen LogP contribution in [0.4, 0.5) is 0 Å². The van der Waals surface area contributed by atoms with E-state index in [1.807, 2.05) is 0 Å². The summed E-state index contributed by atoms with van der Waals surface area (Å²) in [6.45, 7) is 0.699. The molecule has 1 fully saturated rings. The molecule has 0 heterocycles. The normalized spacial score (nSPS) is 14.9. The van der Waals surface area contributed by atoms with E-state index in [1.54, 1.807) is 36.4 Å². The summed E-state index contributed by atoms with van der Waals surface area (Å²) in [6.07, 6.45) is 6.10. The second-order valence-electron chi connectivity index (χ2n) is 7.40. The van der Waals surface area contributed by atoms with Crippen LogP contribution in [0.2, 0.25) is 10.0 Å². The first-order chi connectivity index (χ1) is 15.0. The Balaban J connectivity index is 1.70. The molecule has 166 valence electrons. The molecule has 0 bridgehead atoms. The van der Waals surface area contributed by atoms with Crippen molar-refractivity contribution in [3.05, 3.63) is 57.6 Å². The van der Waals surface area contributed by atoms with Gasteiger partial charge in [0.1, 0.15) is 19.5 Å². The summed E-state index contributed by atoms with van der Waals surface area (Å²) in [5.41, 5.74) is 0.830. The number of benzene rings is 2. The van der Waals surface area contributed by atoms with E-state index in [4.69, 9.17) is 32.7 Å². The number of aliphatic carboxylic acids is 1. The summed E-state index contributed by atoms with van der Waals surface area (Å²) in [5, 5.41) is 13.8. The summed E-state index contributed by atoms with van der Waals surface area (Å²) >= 11 is 12.8. The molecule has 0 amide bonds. The second kappa shape index (κ2) is 11.3. The Morgan fingerprint density at radius 2 is 1.77 bits per heavy atom. The molecule has 8 heteroatoms. The van der Waals surface area contributed by atoms with Gasteiger partial charge in [0.15, 0.2) is 11.5 Å². The lowest BCUT2D eigenvalue weighted by Crippen LogP contribution is -2.17. The number of halogens is 2. The monoisotopic (exact) mass is 465 g/mol. The lowest BCUT2D eigenvalue weighted by molar-refractivity contribution is -0.129. The van der Waals surface area contributed by atoms with Crippen LogP contribution < -0.4 is 9.47 Å². The highest BCUT2D eigenvalue weighted by Crippen LogP contribution is 2.38. The topological polar surface area (TPSA) is 77.4 Å². The molecule has 1 aliphatic carbocycles. The lowest BCUT2D eigenvalue weighted by Gasteiger charge is -2.22. The fourth-order valence-corrected chi connectivity index (χ4v) is 4.22. The van der Waals surface area contributed by atoms with Crippen LogP contribution in [0.5, 0.6) is 11.5 Å². The Morgan fingerprint density at radius 3 is 2.42 bits per heavy atom. The minimum atomic E-state index is -1.19. The van der Waals surface area contributed by atoms with Gasteiger partial charge < -0.3 is 19.4 Å². The molecule has 0 saturated heterocycles. The first-order valence-corrected chi connectivity index (χ1v) is 10.9. The van der Waals surface area contributed by atoms with Crippen molar-refractivity contribution in [1.29, 1.82) is 0 Å². The molecule has 3 rings (SSSR count). The highest BCUT2D eigenvalue weighted by Gasteiger charge is 2.19. The Labute approximate surface area is 191 Å². The van der Waals surface area contributed by atoms with Gasteiger partial charge in [0, 0.05) is 17.7 Å². The van der Waals surface area contributed by atoms with Crippen LogP contribution in [0.25, 0.3) is 0 Å². The molecular weight excluding hydrogens is 441 g/mol. The van der Waals surface area contributed by atoms with E-state index >= 15 is 0 Å². The third-order valence-corrected chi connectivity index (χ3v) is 5.77. The summed E-state index contributed by atoms with van der Waals surface area (Å²) in [7, 11) is 1.30. The van der Waals surface area contributed by atoms with Gasteiger partial charge in [-0.15, -0.1) is 0 Å². The van der Waals surface area contributed by atoms with Crippen molar-refractivity contribution in [2.45, 2.75) is 38.7 Å². The molecule has 0 aromatic heterocycles. The maximum absolute atomic E-state index is 11.5. The molecule has 31 heavy (non-hydrogen) atoms. The van der Waals surface area contributed by atoms with Gasteiger partial charge in [0.2, 0.25) is 0 Å². The first kappa shape index (κ1) is 23.2. The minimum absolute atomic E-state index is 0.0983. The van der Waals surface area contributed by atoms with Gasteiger partial charge in [0.05, 0.1) is 16.7 Å². The third-order valence-electron chi connectivity index (χ3n) is 5.21. The van der Waals surface area contributed by atoms with Crippen LogP contribution in [0.3, 0.4) is 0 Å². The highest BCUT2D eigenvalue weighted by atomic mass is 35.5. The fraction of sp³-hybridized carbons (Fsp3) is 0.391. The molecule has 0 radical (unpaired) electrons. The molecule has 1 aliphatic rings. The number of ether oxygens (including phenoxy) is 2. The number of hydrogen-bond acceptors (Lipinski definition) is 5. The summed E-state index contributed by atoms with van der Waals surface area (Å²) < 4.78 is 11.8. The van der Waals surface area contributed by atoms with Crippen molar-refractivity contribution < 1.29 is 24.2 Å². The zero-order valence-electron chi connectivity index (χ0n) is 17.3. The SMILES string of the molecule is CON=C(C(=O)O)c1ccccc1COc1cc(Cl)c(OCC2CCCCC2)c(Cl)c1. The smallest absolute Gasteiger partial charge is 0.358 e. The van der Waals surface area contributed by atoms with Gasteiger partial charge in [-0.2, -0.15) is 0 Å². The van der Waals surface area contributed by atoms with E-state index < -0.39 is 5.97 Å². The van der Waals surface area contributed by atoms with Gasteiger partial charge in [-0.25, -0.2) is 4.79 Å². The maximum Gasteiger partial charge on any atom is 0.358 e. The number of carbonyl (C=O) groups is 1. The molecule has 1 N–H and O–H groups in total. The van der Waals surface area contributed by atoms with Crippen molar-refractivity contribution in [3.63, 3.8) is 0 Å². The van der Waals surface area contributed by atoms with Crippen molar-refractivity contribution in [1.82, 2.24) is 0 Å². The van der Waals surface area contributed by atoms with Gasteiger partial charge in [0.25, 0.3) is 0 Å². The Hall–Kier alpha value is -2.44. The molecule has 2 aromatic rings. The van der Waals surface area contributed by atoms with E-state index in [0.717, 1.165) is 0 Å². The number of rotatable bonds is 9. The van der Waals surface area contributed by atoms with Gasteiger partial charge in [-0.05, 0) is 24.3 Å². The standard InChI is InChI=1S/C23H25Cl2NO5/c1-29-26-21(23(27)28)18-10-6-5-9-16(18)14-30-17-11-19(24)22(20(25)12-17)31-13-15-7-3-2-4-8-15/h5-6,9-12,15H,2-4,7-8,13-14H2,1H3,(H,27,28). The quantitative estimate of drug-likeness (QED) is 0.364. The van der Waals surface area contributed by atoms with Crippen LogP contribution in [0.1, 0.15) is 43.2 Å². The van der Waals surface area contributed by atoms with E-state index in [9.17, 15) is 9.90 Å². The van der Waals surface area contributed by atoms with E-state index in [1.165, 1.54) is 39.2 Å². The average Bonchev–Trinajstić information content (AvgIpc) is 2.76. The molecule has 2 aromatic carbocycles.